The van der Waals surface area contributed by atoms with E-state index in [4.69, 9.17) is 9.11 Å². The van der Waals surface area contributed by atoms with Crippen LogP contribution in [0.4, 0.5) is 0 Å². The molecule has 8 heteroatoms. The molecule has 0 saturated carbocycles. The monoisotopic (exact) mass is 294 g/mol. The topological polar surface area (TPSA) is 109 Å². The van der Waals surface area contributed by atoms with Crippen molar-refractivity contribution in [2.45, 2.75) is 29.9 Å². The lowest BCUT2D eigenvalue weighted by molar-refractivity contribution is 0.463. The van der Waals surface area contributed by atoms with Crippen molar-refractivity contribution in [2.75, 3.05) is 0 Å². The Bertz CT molecular complexity index is 600. The molecule has 0 aromatic heterocycles. The molecule has 0 spiro atoms. The maximum Gasteiger partial charge on any atom is 0.294 e. The van der Waals surface area contributed by atoms with E-state index in [0.717, 1.165) is 12.1 Å². The van der Waals surface area contributed by atoms with Crippen LogP contribution in [-0.4, -0.2) is 25.9 Å². The minimum Gasteiger partial charge on any atom is -0.285 e. The molecule has 2 N–H and O–H groups in total. The lowest BCUT2D eigenvalue weighted by Gasteiger charge is -2.13. The van der Waals surface area contributed by atoms with Crippen molar-refractivity contribution in [1.29, 1.82) is 0 Å². The average Bonchev–Trinajstić information content (AvgIpc) is 2.23. The van der Waals surface area contributed by atoms with Crippen molar-refractivity contribution in [3.8, 4) is 0 Å². The number of rotatable bonds is 5. The normalized spacial score (nSPS) is 14.4. The van der Waals surface area contributed by atoms with Gasteiger partial charge in [-0.15, -0.1) is 0 Å². The van der Waals surface area contributed by atoms with E-state index in [1.165, 1.54) is 12.1 Å². The van der Waals surface area contributed by atoms with E-state index in [1.54, 1.807) is 6.92 Å². The van der Waals surface area contributed by atoms with Crippen LogP contribution in [-0.2, 0) is 20.2 Å². The zero-order chi connectivity index (χ0) is 14.0. The predicted molar refractivity (Wildman–Crippen MR) is 65.5 cm³/mol. The number of hydrogen-bond acceptors (Lipinski definition) is 4. The first kappa shape index (κ1) is 15.1. The van der Waals surface area contributed by atoms with Gasteiger partial charge in [0.1, 0.15) is 5.25 Å². The highest BCUT2D eigenvalue weighted by Crippen LogP contribution is 2.27. The van der Waals surface area contributed by atoms with Gasteiger partial charge in [-0.05, 0) is 24.1 Å². The van der Waals surface area contributed by atoms with Gasteiger partial charge in [-0.2, -0.15) is 16.8 Å². The first-order valence-electron chi connectivity index (χ1n) is 5.20. The predicted octanol–water partition coefficient (Wildman–Crippen LogP) is 1.66. The quantitative estimate of drug-likeness (QED) is 0.799. The van der Waals surface area contributed by atoms with Gasteiger partial charge >= 0.3 is 0 Å². The van der Waals surface area contributed by atoms with E-state index >= 15 is 0 Å². The summed E-state index contributed by atoms with van der Waals surface area (Å²) in [5.41, 5.74) is 0.284. The summed E-state index contributed by atoms with van der Waals surface area (Å²) in [5, 5.41) is -1.09. The highest BCUT2D eigenvalue weighted by Gasteiger charge is 2.24. The molecule has 6 nitrogen and oxygen atoms in total. The smallest absolute Gasteiger partial charge is 0.285 e. The lowest BCUT2D eigenvalue weighted by atomic mass is 10.1. The number of benzene rings is 1. The molecule has 0 bridgehead atoms. The summed E-state index contributed by atoms with van der Waals surface area (Å²) in [4.78, 5) is -0.322. The van der Waals surface area contributed by atoms with Crippen molar-refractivity contribution in [3.63, 3.8) is 0 Å². The van der Waals surface area contributed by atoms with Gasteiger partial charge in [-0.3, -0.25) is 9.11 Å². The Morgan fingerprint density at radius 1 is 1.06 bits per heavy atom. The zero-order valence-electron chi connectivity index (χ0n) is 9.64. The second kappa shape index (κ2) is 5.35. The molecule has 0 fully saturated rings. The van der Waals surface area contributed by atoms with Gasteiger partial charge in [0.2, 0.25) is 0 Å². The first-order valence-corrected chi connectivity index (χ1v) is 8.14. The minimum absolute atomic E-state index is 0.226. The van der Waals surface area contributed by atoms with Gasteiger partial charge in [-0.25, -0.2) is 0 Å². The summed E-state index contributed by atoms with van der Waals surface area (Å²) in [7, 11) is -8.55. The van der Waals surface area contributed by atoms with Crippen LogP contribution in [0.25, 0.3) is 0 Å². The van der Waals surface area contributed by atoms with Crippen molar-refractivity contribution < 1.29 is 25.9 Å². The maximum atomic E-state index is 11.2. The average molecular weight is 294 g/mol. The highest BCUT2D eigenvalue weighted by atomic mass is 32.2. The second-order valence-corrected chi connectivity index (χ2v) is 6.86. The fourth-order valence-corrected chi connectivity index (χ4v) is 3.12. The van der Waals surface area contributed by atoms with Gasteiger partial charge in [0.25, 0.3) is 20.2 Å². The third-order valence-electron chi connectivity index (χ3n) is 2.46. The summed E-state index contributed by atoms with van der Waals surface area (Å²) >= 11 is 0. The third kappa shape index (κ3) is 3.77. The molecule has 1 atom stereocenters. The summed E-state index contributed by atoms with van der Waals surface area (Å²) < 4.78 is 61.9. The summed E-state index contributed by atoms with van der Waals surface area (Å²) in [6.07, 6.45) is 0.772. The van der Waals surface area contributed by atoms with E-state index in [2.05, 4.69) is 0 Å². The van der Waals surface area contributed by atoms with E-state index < -0.39 is 25.5 Å². The Balaban J connectivity index is 3.17. The fraction of sp³-hybridized carbons (Fsp3) is 0.400. The molecule has 0 aliphatic heterocycles. The Kier molecular flexibility index (Phi) is 4.49. The van der Waals surface area contributed by atoms with Crippen molar-refractivity contribution in [2.24, 2.45) is 0 Å². The van der Waals surface area contributed by atoms with E-state index in [9.17, 15) is 16.8 Å². The molecular weight excluding hydrogens is 280 g/mol. The Hall–Kier alpha value is -0.960. The van der Waals surface area contributed by atoms with Crippen LogP contribution >= 0.6 is 0 Å². The molecule has 0 amide bonds. The minimum atomic E-state index is -4.30. The maximum absolute atomic E-state index is 11.2. The van der Waals surface area contributed by atoms with Gasteiger partial charge in [0.05, 0.1) is 4.90 Å². The van der Waals surface area contributed by atoms with Crippen LogP contribution in [0.1, 0.15) is 30.6 Å². The zero-order valence-corrected chi connectivity index (χ0v) is 11.3. The number of hydrogen-bond donors (Lipinski definition) is 2. The van der Waals surface area contributed by atoms with Crippen LogP contribution in [0.5, 0.6) is 0 Å². The molecular formula is C10H14O6S2. The van der Waals surface area contributed by atoms with Crippen LogP contribution in [0, 0.1) is 0 Å². The fourth-order valence-electron chi connectivity index (χ4n) is 1.60. The van der Waals surface area contributed by atoms with Gasteiger partial charge in [0.15, 0.2) is 0 Å². The first-order chi connectivity index (χ1) is 8.16. The van der Waals surface area contributed by atoms with Crippen LogP contribution in [0.3, 0.4) is 0 Å². The third-order valence-corrected chi connectivity index (χ3v) is 4.56. The Morgan fingerprint density at radius 2 is 1.56 bits per heavy atom. The van der Waals surface area contributed by atoms with Gasteiger partial charge in [0, 0.05) is 0 Å². The standard InChI is InChI=1S/C10H14O6S2/c1-2-3-10(18(14,15)16)8-4-6-9(7-5-8)17(11,12)13/h4-7,10H,2-3H2,1H3,(H,11,12,13)(H,14,15,16). The SMILES string of the molecule is CCCC(c1ccc(S(=O)(=O)O)cc1)S(=O)(=O)O. The molecule has 18 heavy (non-hydrogen) atoms. The molecule has 102 valence electrons. The van der Waals surface area contributed by atoms with Crippen LogP contribution < -0.4 is 0 Å². The molecule has 0 radical (unpaired) electrons. The van der Waals surface area contributed by atoms with Crippen LogP contribution in [0.2, 0.25) is 0 Å². The van der Waals surface area contributed by atoms with Crippen molar-refractivity contribution >= 4 is 20.2 Å². The largest absolute Gasteiger partial charge is 0.294 e. The highest BCUT2D eigenvalue weighted by molar-refractivity contribution is 7.86. The second-order valence-electron chi connectivity index (χ2n) is 3.84. The molecule has 1 unspecified atom stereocenters. The van der Waals surface area contributed by atoms with Gasteiger partial charge in [-0.1, -0.05) is 25.5 Å². The molecule has 0 aliphatic rings. The molecule has 1 rings (SSSR count). The Morgan fingerprint density at radius 3 is 1.89 bits per heavy atom. The lowest BCUT2D eigenvalue weighted by Crippen LogP contribution is -2.12. The van der Waals surface area contributed by atoms with E-state index in [0.29, 0.717) is 6.42 Å². The molecule has 1 aromatic rings. The van der Waals surface area contributed by atoms with E-state index in [-0.39, 0.29) is 16.9 Å². The summed E-state index contributed by atoms with van der Waals surface area (Å²) in [6, 6.07) is 4.71. The summed E-state index contributed by atoms with van der Waals surface area (Å²) in [6.45, 7) is 1.77. The summed E-state index contributed by atoms with van der Waals surface area (Å²) in [5.74, 6) is 0. The molecule has 1 aromatic carbocycles. The van der Waals surface area contributed by atoms with E-state index in [1.807, 2.05) is 0 Å². The van der Waals surface area contributed by atoms with Crippen molar-refractivity contribution in [1.82, 2.24) is 0 Å². The van der Waals surface area contributed by atoms with Crippen molar-refractivity contribution in [3.05, 3.63) is 29.8 Å². The Labute approximate surface area is 106 Å². The van der Waals surface area contributed by atoms with Gasteiger partial charge < -0.3 is 0 Å². The molecule has 0 saturated heterocycles. The molecule has 0 aliphatic carbocycles. The molecule has 0 heterocycles. The van der Waals surface area contributed by atoms with Crippen LogP contribution in [0.15, 0.2) is 29.2 Å².